The highest BCUT2D eigenvalue weighted by atomic mass is 32.1. The Bertz CT molecular complexity index is 1370. The Morgan fingerprint density at radius 1 is 1.03 bits per heavy atom. The standard InChI is InChI=1S/C25H25N5O3S/c1-17-26-23-24(34-17)22(18-8-10-20(33-2)11-9-18)27-30(25(23)32)16-21(31)29-14-12-28(13-15-29)19-6-4-3-5-7-19/h3-11H,12-16H2,1-2H3. The molecule has 0 radical (unpaired) electrons. The van der Waals surface area contributed by atoms with E-state index in [1.54, 1.807) is 12.0 Å². The number of thiazole rings is 1. The Morgan fingerprint density at radius 2 is 1.74 bits per heavy atom. The minimum Gasteiger partial charge on any atom is -0.497 e. The second-order valence-corrected chi connectivity index (χ2v) is 9.36. The first-order valence-electron chi connectivity index (χ1n) is 11.1. The van der Waals surface area contributed by atoms with Crippen molar-refractivity contribution in [2.24, 2.45) is 0 Å². The summed E-state index contributed by atoms with van der Waals surface area (Å²) >= 11 is 1.43. The van der Waals surface area contributed by atoms with E-state index in [9.17, 15) is 9.59 Å². The number of para-hydroxylation sites is 1. The van der Waals surface area contributed by atoms with Gasteiger partial charge in [-0.25, -0.2) is 9.67 Å². The molecule has 1 aliphatic rings. The molecule has 1 fully saturated rings. The lowest BCUT2D eigenvalue weighted by Gasteiger charge is -2.36. The van der Waals surface area contributed by atoms with Gasteiger partial charge in [0.25, 0.3) is 5.56 Å². The zero-order chi connectivity index (χ0) is 23.7. The van der Waals surface area contributed by atoms with Crippen molar-refractivity contribution in [2.45, 2.75) is 13.5 Å². The van der Waals surface area contributed by atoms with Crippen molar-refractivity contribution in [1.29, 1.82) is 0 Å². The molecule has 0 bridgehead atoms. The van der Waals surface area contributed by atoms with Crippen molar-refractivity contribution < 1.29 is 9.53 Å². The van der Waals surface area contributed by atoms with Gasteiger partial charge in [-0.2, -0.15) is 5.10 Å². The summed E-state index contributed by atoms with van der Waals surface area (Å²) in [5.74, 6) is 0.618. The monoisotopic (exact) mass is 475 g/mol. The van der Waals surface area contributed by atoms with E-state index >= 15 is 0 Å². The number of fused-ring (bicyclic) bond motifs is 1. The molecule has 4 aromatic rings. The molecule has 34 heavy (non-hydrogen) atoms. The number of aromatic nitrogens is 3. The van der Waals surface area contributed by atoms with Crippen molar-refractivity contribution in [3.05, 3.63) is 70.0 Å². The number of amides is 1. The van der Waals surface area contributed by atoms with Gasteiger partial charge in [0.15, 0.2) is 5.52 Å². The fraction of sp³-hybridized carbons (Fsp3) is 0.280. The SMILES string of the molecule is COc1ccc(-c2nn(CC(=O)N3CCN(c4ccccc4)CC3)c(=O)c3nc(C)sc23)cc1. The normalized spacial score (nSPS) is 13.9. The lowest BCUT2D eigenvalue weighted by atomic mass is 10.1. The highest BCUT2D eigenvalue weighted by molar-refractivity contribution is 7.19. The Balaban J connectivity index is 1.40. The number of carbonyl (C=O) groups is 1. The first kappa shape index (κ1) is 22.1. The van der Waals surface area contributed by atoms with Gasteiger partial charge in [-0.1, -0.05) is 18.2 Å². The van der Waals surface area contributed by atoms with Crippen LogP contribution in [-0.4, -0.2) is 58.9 Å². The predicted molar refractivity (Wildman–Crippen MR) is 134 cm³/mol. The van der Waals surface area contributed by atoms with Crippen LogP contribution in [-0.2, 0) is 11.3 Å². The number of nitrogens with zero attached hydrogens (tertiary/aromatic N) is 5. The fourth-order valence-electron chi connectivity index (χ4n) is 4.19. The fourth-order valence-corrected chi connectivity index (χ4v) is 5.11. The van der Waals surface area contributed by atoms with Gasteiger partial charge in [0, 0.05) is 37.4 Å². The topological polar surface area (TPSA) is 80.6 Å². The van der Waals surface area contributed by atoms with E-state index in [1.165, 1.54) is 16.0 Å². The zero-order valence-electron chi connectivity index (χ0n) is 19.1. The maximum Gasteiger partial charge on any atom is 0.294 e. The average molecular weight is 476 g/mol. The molecule has 2 aromatic heterocycles. The van der Waals surface area contributed by atoms with Gasteiger partial charge in [-0.3, -0.25) is 9.59 Å². The molecule has 8 nitrogen and oxygen atoms in total. The molecule has 9 heteroatoms. The van der Waals surface area contributed by atoms with E-state index in [2.05, 4.69) is 27.1 Å². The molecule has 174 valence electrons. The highest BCUT2D eigenvalue weighted by Crippen LogP contribution is 2.30. The van der Waals surface area contributed by atoms with Crippen LogP contribution in [0.2, 0.25) is 0 Å². The average Bonchev–Trinajstić information content (AvgIpc) is 3.28. The lowest BCUT2D eigenvalue weighted by molar-refractivity contribution is -0.132. The number of benzene rings is 2. The molecule has 0 N–H and O–H groups in total. The van der Waals surface area contributed by atoms with Gasteiger partial charge in [0.1, 0.15) is 18.0 Å². The Hall–Kier alpha value is -3.72. The molecule has 3 heterocycles. The maximum absolute atomic E-state index is 13.1. The minimum absolute atomic E-state index is 0.111. The molecular weight excluding hydrogens is 450 g/mol. The molecular formula is C25H25N5O3S. The summed E-state index contributed by atoms with van der Waals surface area (Å²) in [5, 5.41) is 5.39. The Kier molecular flexibility index (Phi) is 6.02. The summed E-state index contributed by atoms with van der Waals surface area (Å²) in [6.45, 7) is 4.46. The van der Waals surface area contributed by atoms with E-state index in [0.29, 0.717) is 24.3 Å². The Labute approximate surface area is 201 Å². The third-order valence-corrected chi connectivity index (χ3v) is 6.99. The third kappa shape index (κ3) is 4.26. The van der Waals surface area contributed by atoms with Gasteiger partial charge in [-0.15, -0.1) is 11.3 Å². The van der Waals surface area contributed by atoms with Crippen molar-refractivity contribution >= 4 is 33.1 Å². The molecule has 0 saturated carbocycles. The van der Waals surface area contributed by atoms with E-state index in [0.717, 1.165) is 39.8 Å². The third-order valence-electron chi connectivity index (χ3n) is 6.01. The van der Waals surface area contributed by atoms with Crippen LogP contribution in [0.5, 0.6) is 5.75 Å². The summed E-state index contributed by atoms with van der Waals surface area (Å²) in [6, 6.07) is 17.7. The summed E-state index contributed by atoms with van der Waals surface area (Å²) in [6.07, 6.45) is 0. The van der Waals surface area contributed by atoms with Crippen LogP contribution in [0.25, 0.3) is 21.5 Å². The van der Waals surface area contributed by atoms with Gasteiger partial charge >= 0.3 is 0 Å². The van der Waals surface area contributed by atoms with Gasteiger partial charge in [0.05, 0.1) is 16.8 Å². The summed E-state index contributed by atoms with van der Waals surface area (Å²) in [4.78, 5) is 34.7. The molecule has 1 saturated heterocycles. The number of hydrogen-bond donors (Lipinski definition) is 0. The molecule has 0 spiro atoms. The van der Waals surface area contributed by atoms with Gasteiger partial charge in [0.2, 0.25) is 5.91 Å². The molecule has 2 aromatic carbocycles. The Morgan fingerprint density at radius 3 is 2.41 bits per heavy atom. The quantitative estimate of drug-likeness (QED) is 0.441. The smallest absolute Gasteiger partial charge is 0.294 e. The molecule has 0 unspecified atom stereocenters. The lowest BCUT2D eigenvalue weighted by Crippen LogP contribution is -2.50. The van der Waals surface area contributed by atoms with Crippen molar-refractivity contribution in [1.82, 2.24) is 19.7 Å². The number of methoxy groups -OCH3 is 1. The summed E-state index contributed by atoms with van der Waals surface area (Å²) < 4.78 is 7.24. The number of piperazine rings is 1. The zero-order valence-corrected chi connectivity index (χ0v) is 19.9. The summed E-state index contributed by atoms with van der Waals surface area (Å²) in [7, 11) is 1.61. The molecule has 0 aliphatic carbocycles. The van der Waals surface area contributed by atoms with E-state index < -0.39 is 0 Å². The van der Waals surface area contributed by atoms with Crippen LogP contribution in [0.15, 0.2) is 59.4 Å². The molecule has 0 atom stereocenters. The molecule has 5 rings (SSSR count). The minimum atomic E-state index is -0.340. The van der Waals surface area contributed by atoms with Crippen LogP contribution in [0.1, 0.15) is 5.01 Å². The van der Waals surface area contributed by atoms with E-state index in [4.69, 9.17) is 4.74 Å². The molecule has 1 amide bonds. The predicted octanol–water partition coefficient (Wildman–Crippen LogP) is 3.19. The second-order valence-electron chi connectivity index (χ2n) is 8.15. The van der Waals surface area contributed by atoms with Crippen molar-refractivity contribution in [3.63, 3.8) is 0 Å². The van der Waals surface area contributed by atoms with Crippen molar-refractivity contribution in [3.8, 4) is 17.0 Å². The number of anilines is 1. The van der Waals surface area contributed by atoms with Gasteiger partial charge in [-0.05, 0) is 43.3 Å². The first-order chi connectivity index (χ1) is 16.5. The summed E-state index contributed by atoms with van der Waals surface area (Å²) in [5.41, 5.74) is 2.65. The highest BCUT2D eigenvalue weighted by Gasteiger charge is 2.24. The number of rotatable bonds is 5. The van der Waals surface area contributed by atoms with E-state index in [-0.39, 0.29) is 18.0 Å². The second kappa shape index (κ2) is 9.26. The number of carbonyl (C=O) groups excluding carboxylic acids is 1. The van der Waals surface area contributed by atoms with E-state index in [1.807, 2.05) is 49.4 Å². The van der Waals surface area contributed by atoms with Crippen molar-refractivity contribution in [2.75, 3.05) is 38.2 Å². The van der Waals surface area contributed by atoms with Crippen LogP contribution >= 0.6 is 11.3 Å². The maximum atomic E-state index is 13.1. The van der Waals surface area contributed by atoms with Gasteiger partial charge < -0.3 is 14.5 Å². The first-order valence-corrected chi connectivity index (χ1v) is 12.0. The van der Waals surface area contributed by atoms with Crippen LogP contribution in [0, 0.1) is 6.92 Å². The number of aryl methyl sites for hydroxylation is 1. The largest absolute Gasteiger partial charge is 0.497 e. The van der Waals surface area contributed by atoms with Crippen LogP contribution in [0.3, 0.4) is 0 Å². The van der Waals surface area contributed by atoms with Crippen LogP contribution < -0.4 is 15.2 Å². The number of ether oxygens (including phenoxy) is 1. The molecule has 1 aliphatic heterocycles. The number of hydrogen-bond acceptors (Lipinski definition) is 7. The van der Waals surface area contributed by atoms with Crippen LogP contribution in [0.4, 0.5) is 5.69 Å².